The van der Waals surface area contributed by atoms with Crippen LogP contribution in [0.15, 0.2) is 24.3 Å². The van der Waals surface area contributed by atoms with Crippen molar-refractivity contribution in [3.63, 3.8) is 0 Å². The van der Waals surface area contributed by atoms with Crippen molar-refractivity contribution in [1.29, 1.82) is 0 Å². The lowest BCUT2D eigenvalue weighted by atomic mass is 10.4. The summed E-state index contributed by atoms with van der Waals surface area (Å²) in [4.78, 5) is 0. The van der Waals surface area contributed by atoms with Gasteiger partial charge in [0.15, 0.2) is 0 Å². The predicted octanol–water partition coefficient (Wildman–Crippen LogP) is 0.887. The van der Waals surface area contributed by atoms with Crippen molar-refractivity contribution >= 4 is 58.0 Å². The third-order valence-electron chi connectivity index (χ3n) is 2.28. The van der Waals surface area contributed by atoms with E-state index in [-0.39, 0.29) is 28.0 Å². The van der Waals surface area contributed by atoms with E-state index in [1.54, 1.807) is 0 Å². The van der Waals surface area contributed by atoms with Gasteiger partial charge in [-0.25, -0.2) is 0 Å². The molecule has 0 heterocycles. The molecule has 1 aromatic rings. The largest absolute Gasteiger partial charge is 0.506 e. The van der Waals surface area contributed by atoms with Gasteiger partial charge in [0.2, 0.25) is 8.32 Å². The molecule has 0 spiro atoms. The Morgan fingerprint density at radius 3 is 2.71 bits per heavy atom. The number of rotatable bonds is 4. The van der Waals surface area contributed by atoms with Gasteiger partial charge in [0, 0.05) is 0 Å². The Balaban J connectivity index is 2.93. The molecule has 0 unspecified atom stereocenters. The minimum atomic E-state index is -1.56. The number of hydrogen-bond acceptors (Lipinski definition) is 1. The summed E-state index contributed by atoms with van der Waals surface area (Å²) in [6.45, 7) is 6.79. The molecular weight excluding hydrogens is 284 g/mol. The SMILES string of the molecule is C[SiH2]O[Si](C)(C)c1ccc[c]([Mg][Br])c1. The number of hydrogen-bond donors (Lipinski definition) is 0. The third-order valence-corrected chi connectivity index (χ3v) is 10.7. The molecule has 0 aromatic heterocycles. The van der Waals surface area contributed by atoms with Crippen molar-refractivity contribution in [2.45, 2.75) is 19.6 Å². The highest BCUT2D eigenvalue weighted by Crippen LogP contribution is 2.03. The Labute approximate surface area is 105 Å². The summed E-state index contributed by atoms with van der Waals surface area (Å²) in [6.07, 6.45) is 0. The van der Waals surface area contributed by atoms with Crippen molar-refractivity contribution in [3.8, 4) is 0 Å². The van der Waals surface area contributed by atoms with Gasteiger partial charge < -0.3 is 4.12 Å². The summed E-state index contributed by atoms with van der Waals surface area (Å²) < 4.78 is 7.47. The fourth-order valence-electron chi connectivity index (χ4n) is 1.47. The van der Waals surface area contributed by atoms with Crippen molar-refractivity contribution in [2.24, 2.45) is 0 Å². The van der Waals surface area contributed by atoms with E-state index in [2.05, 4.69) is 56.8 Å². The maximum Gasteiger partial charge on any atom is 0.506 e. The first-order chi connectivity index (χ1) is 6.60. The molecule has 0 aliphatic heterocycles. The Kier molecular flexibility index (Phi) is 5.37. The average molecular weight is 300 g/mol. The zero-order valence-electron chi connectivity index (χ0n) is 9.01. The molecule has 1 rings (SSSR count). The second kappa shape index (κ2) is 5.81. The molecule has 5 heteroatoms. The molecule has 0 fully saturated rings. The van der Waals surface area contributed by atoms with Crippen LogP contribution in [-0.4, -0.2) is 36.3 Å². The normalized spacial score (nSPS) is 12.0. The van der Waals surface area contributed by atoms with Gasteiger partial charge in [0.05, 0.1) is 0 Å². The zero-order chi connectivity index (χ0) is 10.6. The molecule has 0 aliphatic carbocycles. The molecule has 1 aromatic carbocycles. The fraction of sp³-hybridized carbons (Fsp3) is 0.333. The minimum absolute atomic E-state index is 0.212. The van der Waals surface area contributed by atoms with Crippen LogP contribution in [0.1, 0.15) is 0 Å². The second-order valence-corrected chi connectivity index (χ2v) is 11.9. The van der Waals surface area contributed by atoms with Crippen LogP contribution in [0.4, 0.5) is 0 Å². The molecule has 0 saturated heterocycles. The lowest BCUT2D eigenvalue weighted by molar-refractivity contribution is 0.611. The molecule has 0 atom stereocenters. The van der Waals surface area contributed by atoms with Gasteiger partial charge in [0.1, 0.15) is 9.76 Å². The first-order valence-electron chi connectivity index (χ1n) is 4.89. The Hall–Kier alpha value is 0.860. The highest BCUT2D eigenvalue weighted by molar-refractivity contribution is 9.23. The summed E-state index contributed by atoms with van der Waals surface area (Å²) in [6, 6.07) is 8.92. The molecule has 1 nitrogen and oxygen atoms in total. The minimum Gasteiger partial charge on any atom is -0.458 e. The highest BCUT2D eigenvalue weighted by Gasteiger charge is 2.23. The molecule has 0 saturated carbocycles. The van der Waals surface area contributed by atoms with Gasteiger partial charge in [-0.05, 0) is 18.3 Å². The topological polar surface area (TPSA) is 9.23 Å². The van der Waals surface area contributed by atoms with E-state index in [9.17, 15) is 0 Å². The van der Waals surface area contributed by atoms with E-state index in [0.29, 0.717) is 0 Å². The van der Waals surface area contributed by atoms with Crippen LogP contribution < -0.4 is 8.88 Å². The maximum absolute atomic E-state index is 5.99. The Morgan fingerprint density at radius 1 is 1.43 bits per heavy atom. The lowest BCUT2D eigenvalue weighted by Crippen LogP contribution is -2.46. The summed E-state index contributed by atoms with van der Waals surface area (Å²) in [5, 5.41) is 1.44. The quantitative estimate of drug-likeness (QED) is 0.750. The van der Waals surface area contributed by atoms with Gasteiger partial charge >= 0.3 is 18.2 Å². The summed E-state index contributed by atoms with van der Waals surface area (Å²) in [7, 11) is -1.86. The summed E-state index contributed by atoms with van der Waals surface area (Å²) in [5.74, 6) is 0. The van der Waals surface area contributed by atoms with Crippen LogP contribution in [0.3, 0.4) is 0 Å². The summed E-state index contributed by atoms with van der Waals surface area (Å²) in [5.41, 5.74) is 0. The molecule has 0 bridgehead atoms. The van der Waals surface area contributed by atoms with Crippen molar-refractivity contribution in [2.75, 3.05) is 0 Å². The Bertz CT molecular complexity index is 307. The van der Waals surface area contributed by atoms with Crippen molar-refractivity contribution in [3.05, 3.63) is 24.3 Å². The highest BCUT2D eigenvalue weighted by atomic mass is 79.9. The Morgan fingerprint density at radius 2 is 2.14 bits per heavy atom. The molecule has 74 valence electrons. The van der Waals surface area contributed by atoms with E-state index in [0.717, 1.165) is 0 Å². The van der Waals surface area contributed by atoms with Crippen molar-refractivity contribution in [1.82, 2.24) is 0 Å². The molecule has 0 aliphatic rings. The number of halogens is 1. The second-order valence-electron chi connectivity index (χ2n) is 3.78. The van der Waals surface area contributed by atoms with Crippen LogP contribution >= 0.6 is 12.9 Å². The number of benzene rings is 1. The van der Waals surface area contributed by atoms with Gasteiger partial charge in [-0.15, -0.1) is 0 Å². The van der Waals surface area contributed by atoms with Crippen LogP contribution in [0.5, 0.6) is 0 Å². The third kappa shape index (κ3) is 3.46. The first-order valence-corrected chi connectivity index (χ1v) is 14.4. The molecule has 0 N–H and O–H groups in total. The molecule has 14 heavy (non-hydrogen) atoms. The first kappa shape index (κ1) is 12.9. The van der Waals surface area contributed by atoms with Gasteiger partial charge in [-0.2, -0.15) is 3.69 Å². The van der Waals surface area contributed by atoms with Crippen LogP contribution in [0, 0.1) is 0 Å². The van der Waals surface area contributed by atoms with E-state index in [1.807, 2.05) is 0 Å². The lowest BCUT2D eigenvalue weighted by Gasteiger charge is -2.23. The standard InChI is InChI=1S/C9H15OSi2.BrH.Mg/c1-11-10-12(2,3)9-7-5-4-6-8-9;;/h4-5,7-8H,11H2,1-3H3;1H;/q;;+1/p-1. The van der Waals surface area contributed by atoms with Crippen LogP contribution in [0.25, 0.3) is 0 Å². The smallest absolute Gasteiger partial charge is 0.458 e. The van der Waals surface area contributed by atoms with E-state index < -0.39 is 8.32 Å². The summed E-state index contributed by atoms with van der Waals surface area (Å²) >= 11 is 3.41. The maximum atomic E-state index is 5.99. The fourth-order valence-corrected chi connectivity index (χ4v) is 7.83. The monoisotopic (exact) mass is 298 g/mol. The molecule has 0 radical (unpaired) electrons. The van der Waals surface area contributed by atoms with Gasteiger partial charge in [0.25, 0.3) is 0 Å². The van der Waals surface area contributed by atoms with E-state index in [1.165, 1.54) is 8.88 Å². The predicted molar refractivity (Wildman–Crippen MR) is 73.4 cm³/mol. The van der Waals surface area contributed by atoms with Crippen LogP contribution in [-0.2, 0) is 4.12 Å². The molecule has 0 amide bonds. The van der Waals surface area contributed by atoms with Gasteiger partial charge in [-0.1, -0.05) is 30.8 Å². The molecular formula is C9H15BrMgOSi2. The van der Waals surface area contributed by atoms with Crippen LogP contribution in [0.2, 0.25) is 19.6 Å². The van der Waals surface area contributed by atoms with Crippen molar-refractivity contribution < 1.29 is 4.12 Å². The van der Waals surface area contributed by atoms with E-state index >= 15 is 0 Å². The zero-order valence-corrected chi connectivity index (χ0v) is 14.4. The van der Waals surface area contributed by atoms with E-state index in [4.69, 9.17) is 4.12 Å². The van der Waals surface area contributed by atoms with Gasteiger partial charge in [-0.3, -0.25) is 12.9 Å². The average Bonchev–Trinajstić information content (AvgIpc) is 2.18.